The molecule has 0 saturated carbocycles. The molecule has 1 aromatic heterocycles. The maximum atomic E-state index is 5.47. The molecule has 0 aliphatic heterocycles. The molecular formula is C22H24N2O3. The van der Waals surface area contributed by atoms with Crippen LogP contribution in [-0.4, -0.2) is 26.3 Å². The van der Waals surface area contributed by atoms with Gasteiger partial charge in [0.05, 0.1) is 32.7 Å². The normalized spacial score (nSPS) is 10.4. The molecule has 0 bridgehead atoms. The summed E-state index contributed by atoms with van der Waals surface area (Å²) in [7, 11) is 4.81. The van der Waals surface area contributed by atoms with Crippen LogP contribution in [0.25, 0.3) is 11.3 Å². The van der Waals surface area contributed by atoms with Crippen molar-refractivity contribution < 1.29 is 14.2 Å². The van der Waals surface area contributed by atoms with Crippen LogP contribution in [-0.2, 0) is 6.54 Å². The average molecular weight is 364 g/mol. The van der Waals surface area contributed by atoms with Gasteiger partial charge in [-0.25, -0.2) is 0 Å². The third kappa shape index (κ3) is 4.14. The first-order chi connectivity index (χ1) is 13.2. The van der Waals surface area contributed by atoms with Crippen molar-refractivity contribution in [1.82, 2.24) is 4.98 Å². The summed E-state index contributed by atoms with van der Waals surface area (Å²) in [5, 5.41) is 3.48. The predicted octanol–water partition coefficient (Wildman–Crippen LogP) is 4.69. The van der Waals surface area contributed by atoms with Crippen LogP contribution in [0.4, 0.5) is 5.69 Å². The topological polar surface area (TPSA) is 52.6 Å². The fourth-order valence-corrected chi connectivity index (χ4v) is 2.90. The number of ether oxygens (including phenoxy) is 3. The van der Waals surface area contributed by atoms with Crippen molar-refractivity contribution >= 4 is 5.69 Å². The Morgan fingerprint density at radius 3 is 2.15 bits per heavy atom. The van der Waals surface area contributed by atoms with Crippen LogP contribution in [0.2, 0.25) is 0 Å². The molecule has 5 heteroatoms. The van der Waals surface area contributed by atoms with E-state index in [1.165, 1.54) is 11.1 Å². The highest BCUT2D eigenvalue weighted by Crippen LogP contribution is 2.42. The quantitative estimate of drug-likeness (QED) is 0.659. The van der Waals surface area contributed by atoms with Crippen molar-refractivity contribution in [1.29, 1.82) is 0 Å². The van der Waals surface area contributed by atoms with E-state index in [1.54, 1.807) is 27.5 Å². The number of hydrogen-bond acceptors (Lipinski definition) is 5. The first-order valence-corrected chi connectivity index (χ1v) is 8.71. The van der Waals surface area contributed by atoms with E-state index in [-0.39, 0.29) is 0 Å². The molecule has 0 amide bonds. The highest BCUT2D eigenvalue weighted by molar-refractivity contribution is 5.77. The van der Waals surface area contributed by atoms with Gasteiger partial charge in [0.1, 0.15) is 0 Å². The van der Waals surface area contributed by atoms with Crippen LogP contribution in [0.3, 0.4) is 0 Å². The largest absolute Gasteiger partial charge is 0.493 e. The minimum Gasteiger partial charge on any atom is -0.493 e. The van der Waals surface area contributed by atoms with Crippen molar-refractivity contribution in [2.24, 2.45) is 0 Å². The lowest BCUT2D eigenvalue weighted by atomic mass is 10.1. The SMILES string of the molecule is COc1cc(-c2ncccc2NCc2ccc(C)cc2)cc(OC)c1OC. The molecule has 27 heavy (non-hydrogen) atoms. The van der Waals surface area contributed by atoms with Gasteiger partial charge < -0.3 is 19.5 Å². The Morgan fingerprint density at radius 1 is 0.889 bits per heavy atom. The third-order valence-electron chi connectivity index (χ3n) is 4.35. The lowest BCUT2D eigenvalue weighted by Crippen LogP contribution is -2.02. The van der Waals surface area contributed by atoms with E-state index in [4.69, 9.17) is 14.2 Å². The number of hydrogen-bond donors (Lipinski definition) is 1. The van der Waals surface area contributed by atoms with Crippen molar-refractivity contribution in [2.75, 3.05) is 26.6 Å². The number of pyridine rings is 1. The summed E-state index contributed by atoms with van der Waals surface area (Å²) < 4.78 is 16.3. The number of aryl methyl sites for hydroxylation is 1. The minimum absolute atomic E-state index is 0.564. The van der Waals surface area contributed by atoms with Gasteiger partial charge in [0, 0.05) is 18.3 Å². The molecule has 1 N–H and O–H groups in total. The highest BCUT2D eigenvalue weighted by Gasteiger charge is 2.16. The second kappa shape index (κ2) is 8.45. The molecule has 0 saturated heterocycles. The molecule has 3 rings (SSSR count). The van der Waals surface area contributed by atoms with Crippen molar-refractivity contribution in [3.8, 4) is 28.5 Å². The molecule has 3 aromatic rings. The third-order valence-corrected chi connectivity index (χ3v) is 4.35. The Labute approximate surface area is 159 Å². The van der Waals surface area contributed by atoms with E-state index in [0.717, 1.165) is 16.9 Å². The van der Waals surface area contributed by atoms with E-state index in [1.807, 2.05) is 24.3 Å². The minimum atomic E-state index is 0.564. The number of methoxy groups -OCH3 is 3. The van der Waals surface area contributed by atoms with Gasteiger partial charge in [-0.15, -0.1) is 0 Å². The monoisotopic (exact) mass is 364 g/mol. The summed E-state index contributed by atoms with van der Waals surface area (Å²) in [5.74, 6) is 1.76. The zero-order valence-electron chi connectivity index (χ0n) is 16.1. The maximum absolute atomic E-state index is 5.47. The molecule has 1 heterocycles. The lowest BCUT2D eigenvalue weighted by molar-refractivity contribution is 0.324. The maximum Gasteiger partial charge on any atom is 0.203 e. The van der Waals surface area contributed by atoms with Gasteiger partial charge in [-0.05, 0) is 36.8 Å². The Hall–Kier alpha value is -3.21. The van der Waals surface area contributed by atoms with Crippen molar-refractivity contribution in [2.45, 2.75) is 13.5 Å². The van der Waals surface area contributed by atoms with Gasteiger partial charge in [-0.2, -0.15) is 0 Å². The second-order valence-corrected chi connectivity index (χ2v) is 6.15. The molecular weight excluding hydrogens is 340 g/mol. The fourth-order valence-electron chi connectivity index (χ4n) is 2.90. The van der Waals surface area contributed by atoms with Crippen LogP contribution in [0.1, 0.15) is 11.1 Å². The fraction of sp³-hybridized carbons (Fsp3) is 0.227. The van der Waals surface area contributed by atoms with E-state index in [2.05, 4.69) is 41.5 Å². The number of rotatable bonds is 7. The number of nitrogens with one attached hydrogen (secondary N) is 1. The van der Waals surface area contributed by atoms with E-state index in [9.17, 15) is 0 Å². The van der Waals surface area contributed by atoms with Gasteiger partial charge in [0.2, 0.25) is 5.75 Å². The summed E-state index contributed by atoms with van der Waals surface area (Å²) >= 11 is 0. The Morgan fingerprint density at radius 2 is 1.56 bits per heavy atom. The zero-order valence-corrected chi connectivity index (χ0v) is 16.1. The molecule has 5 nitrogen and oxygen atoms in total. The number of benzene rings is 2. The van der Waals surface area contributed by atoms with Crippen molar-refractivity contribution in [3.05, 3.63) is 65.9 Å². The second-order valence-electron chi connectivity index (χ2n) is 6.15. The Balaban J connectivity index is 1.94. The van der Waals surface area contributed by atoms with Gasteiger partial charge in [-0.3, -0.25) is 4.98 Å². The first-order valence-electron chi connectivity index (χ1n) is 8.71. The van der Waals surface area contributed by atoms with E-state index in [0.29, 0.717) is 23.8 Å². The standard InChI is InChI=1S/C22H24N2O3/c1-15-7-9-16(10-8-15)14-24-18-6-5-11-23-21(18)17-12-19(25-2)22(27-4)20(13-17)26-3/h5-13,24H,14H2,1-4H3. The number of aromatic nitrogens is 1. The average Bonchev–Trinajstić information content (AvgIpc) is 2.72. The Bertz CT molecular complexity index is 883. The van der Waals surface area contributed by atoms with Crippen LogP contribution < -0.4 is 19.5 Å². The first kappa shape index (κ1) is 18.6. The molecule has 0 unspecified atom stereocenters. The highest BCUT2D eigenvalue weighted by atomic mass is 16.5. The van der Waals surface area contributed by atoms with E-state index < -0.39 is 0 Å². The van der Waals surface area contributed by atoms with Crippen LogP contribution in [0.5, 0.6) is 17.2 Å². The lowest BCUT2D eigenvalue weighted by Gasteiger charge is -2.16. The number of nitrogens with zero attached hydrogens (tertiary/aromatic N) is 1. The summed E-state index contributed by atoms with van der Waals surface area (Å²) in [6, 6.07) is 16.2. The van der Waals surface area contributed by atoms with Crippen molar-refractivity contribution in [3.63, 3.8) is 0 Å². The molecule has 0 aliphatic carbocycles. The zero-order chi connectivity index (χ0) is 19.2. The smallest absolute Gasteiger partial charge is 0.203 e. The molecule has 0 fully saturated rings. The Kier molecular flexibility index (Phi) is 5.81. The summed E-state index contributed by atoms with van der Waals surface area (Å²) in [6.45, 7) is 2.80. The summed E-state index contributed by atoms with van der Waals surface area (Å²) in [5.41, 5.74) is 5.10. The molecule has 0 radical (unpaired) electrons. The molecule has 140 valence electrons. The molecule has 2 aromatic carbocycles. The number of anilines is 1. The van der Waals surface area contributed by atoms with Gasteiger partial charge in [-0.1, -0.05) is 29.8 Å². The van der Waals surface area contributed by atoms with E-state index >= 15 is 0 Å². The summed E-state index contributed by atoms with van der Waals surface area (Å²) in [4.78, 5) is 4.57. The molecule has 0 atom stereocenters. The van der Waals surface area contributed by atoms with Gasteiger partial charge in [0.25, 0.3) is 0 Å². The van der Waals surface area contributed by atoms with Gasteiger partial charge >= 0.3 is 0 Å². The van der Waals surface area contributed by atoms with Crippen LogP contribution in [0.15, 0.2) is 54.7 Å². The predicted molar refractivity (Wildman–Crippen MR) is 108 cm³/mol. The molecule has 0 aliphatic rings. The van der Waals surface area contributed by atoms with Crippen LogP contribution >= 0.6 is 0 Å². The van der Waals surface area contributed by atoms with Crippen LogP contribution in [0, 0.1) is 6.92 Å². The summed E-state index contributed by atoms with van der Waals surface area (Å²) in [6.07, 6.45) is 1.77. The van der Waals surface area contributed by atoms with Gasteiger partial charge in [0.15, 0.2) is 11.5 Å². The molecule has 0 spiro atoms.